The summed E-state index contributed by atoms with van der Waals surface area (Å²) in [4.78, 5) is 8.03. The maximum absolute atomic E-state index is 4.61. The van der Waals surface area contributed by atoms with Gasteiger partial charge in [-0.1, -0.05) is 103 Å². The average molecular weight is 555 g/mol. The molecule has 8 rings (SSSR count). The number of thiophene rings is 1. The number of hydrogen-bond donors (Lipinski definition) is 0. The number of hydrogen-bond acceptors (Lipinski definition) is 3. The van der Waals surface area contributed by atoms with Crippen molar-refractivity contribution in [3.8, 4) is 22.3 Å². The first-order chi connectivity index (χ1) is 20.8. The van der Waals surface area contributed by atoms with E-state index in [9.17, 15) is 0 Å². The first-order valence-corrected chi connectivity index (χ1v) is 14.9. The maximum atomic E-state index is 4.61. The third-order valence-corrected chi connectivity index (χ3v) is 9.03. The molecule has 2 nitrogen and oxygen atoms in total. The van der Waals surface area contributed by atoms with Crippen LogP contribution in [0.3, 0.4) is 0 Å². The Labute approximate surface area is 248 Å². The number of benzene rings is 6. The Hall–Kier alpha value is -5.25. The van der Waals surface area contributed by atoms with Gasteiger partial charge in [0.05, 0.1) is 0 Å². The van der Waals surface area contributed by atoms with Gasteiger partial charge in [0.2, 0.25) is 0 Å². The van der Waals surface area contributed by atoms with Gasteiger partial charge < -0.3 is 4.90 Å². The van der Waals surface area contributed by atoms with E-state index in [2.05, 4.69) is 155 Å². The van der Waals surface area contributed by atoms with Gasteiger partial charge in [0.25, 0.3) is 0 Å². The molecule has 3 heteroatoms. The molecular formula is C39H26N2S. The Morgan fingerprint density at radius 2 is 1.10 bits per heavy atom. The molecule has 8 aromatic rings. The van der Waals surface area contributed by atoms with Gasteiger partial charge >= 0.3 is 0 Å². The molecule has 0 bridgehead atoms. The lowest BCUT2D eigenvalue weighted by atomic mass is 9.98. The molecule has 0 radical (unpaired) electrons. The van der Waals surface area contributed by atoms with Gasteiger partial charge in [0.1, 0.15) is 4.83 Å². The number of anilines is 3. The second kappa shape index (κ2) is 10.3. The fraction of sp³-hybridized carbons (Fsp3) is 0. The van der Waals surface area contributed by atoms with Crippen LogP contribution in [-0.2, 0) is 0 Å². The Bertz CT molecular complexity index is 2170. The molecule has 0 aliphatic carbocycles. The molecule has 198 valence electrons. The molecule has 6 aromatic carbocycles. The number of pyridine rings is 1. The molecule has 0 atom stereocenters. The summed E-state index contributed by atoms with van der Waals surface area (Å²) in [6.45, 7) is 0. The van der Waals surface area contributed by atoms with Gasteiger partial charge in [-0.2, -0.15) is 0 Å². The Morgan fingerprint density at radius 3 is 1.90 bits per heavy atom. The van der Waals surface area contributed by atoms with Gasteiger partial charge in [-0.25, -0.2) is 4.98 Å². The van der Waals surface area contributed by atoms with Gasteiger partial charge in [0, 0.05) is 38.7 Å². The Kier molecular flexibility index (Phi) is 6.02. The molecule has 0 saturated heterocycles. The third kappa shape index (κ3) is 4.32. The first kappa shape index (κ1) is 24.5. The minimum atomic E-state index is 1.07. The van der Waals surface area contributed by atoms with E-state index in [1.54, 1.807) is 11.3 Å². The zero-order valence-electron chi connectivity index (χ0n) is 22.8. The fourth-order valence-electron chi connectivity index (χ4n) is 5.89. The van der Waals surface area contributed by atoms with E-state index in [0.29, 0.717) is 0 Å². The van der Waals surface area contributed by atoms with E-state index in [-0.39, 0.29) is 0 Å². The minimum Gasteiger partial charge on any atom is -0.310 e. The van der Waals surface area contributed by atoms with Crippen molar-refractivity contribution in [2.75, 3.05) is 4.90 Å². The summed E-state index contributed by atoms with van der Waals surface area (Å²) in [5.74, 6) is 0. The van der Waals surface area contributed by atoms with Crippen molar-refractivity contribution in [3.05, 3.63) is 158 Å². The van der Waals surface area contributed by atoms with Crippen LogP contribution >= 0.6 is 11.3 Å². The predicted molar refractivity (Wildman–Crippen MR) is 180 cm³/mol. The lowest BCUT2D eigenvalue weighted by molar-refractivity contribution is 1.29. The number of nitrogens with zero attached hydrogens (tertiary/aromatic N) is 2. The van der Waals surface area contributed by atoms with Crippen LogP contribution in [0.1, 0.15) is 0 Å². The molecule has 0 amide bonds. The molecule has 2 heterocycles. The highest BCUT2D eigenvalue weighted by Crippen LogP contribution is 2.41. The van der Waals surface area contributed by atoms with Crippen molar-refractivity contribution in [1.29, 1.82) is 0 Å². The second-order valence-electron chi connectivity index (χ2n) is 10.5. The second-order valence-corrected chi connectivity index (χ2v) is 11.5. The molecule has 0 fully saturated rings. The lowest BCUT2D eigenvalue weighted by Crippen LogP contribution is -2.09. The highest BCUT2D eigenvalue weighted by molar-refractivity contribution is 7.25. The van der Waals surface area contributed by atoms with Crippen molar-refractivity contribution in [3.63, 3.8) is 0 Å². The van der Waals surface area contributed by atoms with Crippen molar-refractivity contribution >= 4 is 59.5 Å². The van der Waals surface area contributed by atoms with Crippen LogP contribution in [0.4, 0.5) is 17.1 Å². The van der Waals surface area contributed by atoms with Gasteiger partial charge in [0.15, 0.2) is 0 Å². The van der Waals surface area contributed by atoms with Crippen LogP contribution in [0.15, 0.2) is 158 Å². The van der Waals surface area contributed by atoms with E-state index in [1.165, 1.54) is 48.5 Å². The Morgan fingerprint density at radius 1 is 0.452 bits per heavy atom. The van der Waals surface area contributed by atoms with E-state index in [0.717, 1.165) is 21.9 Å². The smallest absolute Gasteiger partial charge is 0.124 e. The molecule has 2 aromatic heterocycles. The SMILES string of the molecule is c1ccc(-c2ccc(N(c3ccc(-c4cccc5ccccc45)cc3)c3ccc4c(c3)sc3ncccc34)cc2)cc1. The largest absolute Gasteiger partial charge is 0.310 e. The summed E-state index contributed by atoms with van der Waals surface area (Å²) in [7, 11) is 0. The summed E-state index contributed by atoms with van der Waals surface area (Å²) in [6, 6.07) is 54.4. The maximum Gasteiger partial charge on any atom is 0.124 e. The van der Waals surface area contributed by atoms with Gasteiger partial charge in [-0.05, 0) is 81.6 Å². The van der Waals surface area contributed by atoms with Crippen molar-refractivity contribution in [2.45, 2.75) is 0 Å². The average Bonchev–Trinajstić information content (AvgIpc) is 3.44. The van der Waals surface area contributed by atoms with Gasteiger partial charge in [-0.15, -0.1) is 11.3 Å². The van der Waals surface area contributed by atoms with Crippen LogP contribution in [0.2, 0.25) is 0 Å². The van der Waals surface area contributed by atoms with Crippen molar-refractivity contribution < 1.29 is 0 Å². The molecule has 0 unspecified atom stereocenters. The summed E-state index contributed by atoms with van der Waals surface area (Å²) >= 11 is 1.75. The van der Waals surface area contributed by atoms with Crippen LogP contribution in [-0.4, -0.2) is 4.98 Å². The number of rotatable bonds is 5. The fourth-order valence-corrected chi connectivity index (χ4v) is 6.96. The van der Waals surface area contributed by atoms with E-state index < -0.39 is 0 Å². The predicted octanol–water partition coefficient (Wildman–Crippen LogP) is 11.4. The first-order valence-electron chi connectivity index (χ1n) is 14.1. The van der Waals surface area contributed by atoms with Crippen LogP contribution in [0, 0.1) is 0 Å². The zero-order chi connectivity index (χ0) is 27.9. The standard InChI is InChI=1S/C39H26N2S/c1-2-8-27(9-3-1)28-15-19-31(20-16-28)41(33-23-24-36-37-14-7-25-40-39(37)42-38(36)26-33)32-21-17-30(18-22-32)35-13-6-11-29-10-4-5-12-34(29)35/h1-26H. The molecule has 0 aliphatic heterocycles. The highest BCUT2D eigenvalue weighted by atomic mass is 32.1. The third-order valence-electron chi connectivity index (χ3n) is 7.95. The van der Waals surface area contributed by atoms with E-state index in [1.807, 2.05) is 12.3 Å². The lowest BCUT2D eigenvalue weighted by Gasteiger charge is -2.26. The van der Waals surface area contributed by atoms with E-state index >= 15 is 0 Å². The van der Waals surface area contributed by atoms with Crippen LogP contribution < -0.4 is 4.90 Å². The van der Waals surface area contributed by atoms with Crippen LogP contribution in [0.5, 0.6) is 0 Å². The molecule has 0 saturated carbocycles. The summed E-state index contributed by atoms with van der Waals surface area (Å²) < 4.78 is 1.24. The molecule has 0 aliphatic rings. The topological polar surface area (TPSA) is 16.1 Å². The molecular weight excluding hydrogens is 529 g/mol. The van der Waals surface area contributed by atoms with E-state index in [4.69, 9.17) is 0 Å². The zero-order valence-corrected chi connectivity index (χ0v) is 23.6. The molecule has 0 spiro atoms. The summed E-state index contributed by atoms with van der Waals surface area (Å²) in [5.41, 5.74) is 8.24. The summed E-state index contributed by atoms with van der Waals surface area (Å²) in [5, 5.41) is 4.98. The molecule has 42 heavy (non-hydrogen) atoms. The Balaban J connectivity index is 1.24. The number of fused-ring (bicyclic) bond motifs is 4. The molecule has 0 N–H and O–H groups in total. The normalized spacial score (nSPS) is 11.3. The van der Waals surface area contributed by atoms with Gasteiger partial charge in [-0.3, -0.25) is 0 Å². The summed E-state index contributed by atoms with van der Waals surface area (Å²) in [6.07, 6.45) is 1.87. The minimum absolute atomic E-state index is 1.07. The number of aromatic nitrogens is 1. The van der Waals surface area contributed by atoms with Crippen LogP contribution in [0.25, 0.3) is 53.3 Å². The van der Waals surface area contributed by atoms with Crippen molar-refractivity contribution in [2.24, 2.45) is 0 Å². The quantitative estimate of drug-likeness (QED) is 0.210. The monoisotopic (exact) mass is 554 g/mol. The highest BCUT2D eigenvalue weighted by Gasteiger charge is 2.16. The van der Waals surface area contributed by atoms with Crippen molar-refractivity contribution in [1.82, 2.24) is 4.98 Å².